The lowest BCUT2D eigenvalue weighted by atomic mass is 9.77. The van der Waals surface area contributed by atoms with Crippen molar-refractivity contribution in [2.24, 2.45) is 5.41 Å². The van der Waals surface area contributed by atoms with E-state index in [1.165, 1.54) is 19.2 Å². The highest BCUT2D eigenvalue weighted by atomic mass is 35.5. The number of hydrogen-bond acceptors (Lipinski definition) is 4. The molecule has 2 atom stereocenters. The van der Waals surface area contributed by atoms with Crippen molar-refractivity contribution in [3.05, 3.63) is 12.7 Å². The van der Waals surface area contributed by atoms with E-state index in [0.29, 0.717) is 12.6 Å². The Bertz CT molecular complexity index is 420. The first-order chi connectivity index (χ1) is 9.00. The third-order valence-electron chi connectivity index (χ3n) is 4.03. The van der Waals surface area contributed by atoms with Crippen molar-refractivity contribution in [2.45, 2.75) is 45.7 Å². The zero-order chi connectivity index (χ0) is 13.9. The van der Waals surface area contributed by atoms with Gasteiger partial charge >= 0.3 is 0 Å². The van der Waals surface area contributed by atoms with E-state index in [1.54, 1.807) is 11.0 Å². The monoisotopic (exact) mass is 301 g/mol. The van der Waals surface area contributed by atoms with E-state index in [2.05, 4.69) is 34.6 Å². The molecule has 1 saturated heterocycles. The summed E-state index contributed by atoms with van der Waals surface area (Å²) in [4.78, 5) is 15.9. The zero-order valence-electron chi connectivity index (χ0n) is 12.3. The molecular weight excluding hydrogens is 278 g/mol. The molecule has 20 heavy (non-hydrogen) atoms. The number of nitrogens with one attached hydrogen (secondary N) is 2. The molecule has 1 fully saturated rings. The molecule has 114 valence electrons. The third-order valence-corrected chi connectivity index (χ3v) is 4.03. The summed E-state index contributed by atoms with van der Waals surface area (Å²) in [6, 6.07) is 0.00218. The van der Waals surface area contributed by atoms with Crippen molar-refractivity contribution >= 4 is 18.3 Å². The first-order valence-corrected chi connectivity index (χ1v) is 6.86. The fourth-order valence-electron chi connectivity index (χ4n) is 2.51. The Morgan fingerprint density at radius 2 is 2.35 bits per heavy atom. The number of aromatic nitrogens is 3. The minimum atomic E-state index is -0.325. The predicted molar refractivity (Wildman–Crippen MR) is 79.8 cm³/mol. The van der Waals surface area contributed by atoms with Crippen LogP contribution in [0.5, 0.6) is 0 Å². The van der Waals surface area contributed by atoms with E-state index in [9.17, 15) is 4.79 Å². The van der Waals surface area contributed by atoms with Gasteiger partial charge in [0.2, 0.25) is 5.91 Å². The minimum absolute atomic E-state index is 0. The molecule has 1 aromatic heterocycles. The minimum Gasteiger partial charge on any atom is -0.353 e. The number of nitrogens with zero attached hydrogens (tertiary/aromatic N) is 3. The van der Waals surface area contributed by atoms with E-state index in [-0.39, 0.29) is 29.8 Å². The van der Waals surface area contributed by atoms with E-state index < -0.39 is 0 Å². The van der Waals surface area contributed by atoms with Crippen LogP contribution in [0.25, 0.3) is 0 Å². The molecule has 2 N–H and O–H groups in total. The molecule has 0 aromatic carbocycles. The van der Waals surface area contributed by atoms with Crippen molar-refractivity contribution in [1.29, 1.82) is 0 Å². The molecule has 1 amide bonds. The third kappa shape index (κ3) is 3.93. The Balaban J connectivity index is 0.00000200. The van der Waals surface area contributed by atoms with Crippen LogP contribution in [0.2, 0.25) is 0 Å². The van der Waals surface area contributed by atoms with E-state index in [4.69, 9.17) is 0 Å². The van der Waals surface area contributed by atoms with E-state index in [1.807, 2.05) is 6.92 Å². The molecule has 0 aliphatic carbocycles. The fraction of sp³-hybridized carbons (Fsp3) is 0.769. The van der Waals surface area contributed by atoms with Gasteiger partial charge in [-0.3, -0.25) is 4.79 Å². The van der Waals surface area contributed by atoms with Crippen LogP contribution in [0.4, 0.5) is 0 Å². The Morgan fingerprint density at radius 3 is 2.95 bits per heavy atom. The summed E-state index contributed by atoms with van der Waals surface area (Å²) in [5.41, 5.74) is 0.224. The summed E-state index contributed by atoms with van der Waals surface area (Å²) in [5, 5.41) is 10.5. The van der Waals surface area contributed by atoms with Crippen LogP contribution in [0.3, 0.4) is 0 Å². The maximum absolute atomic E-state index is 12.1. The number of hydrogen-bond donors (Lipinski definition) is 2. The highest BCUT2D eigenvalue weighted by molar-refractivity contribution is 5.85. The largest absolute Gasteiger partial charge is 0.353 e. The van der Waals surface area contributed by atoms with Crippen LogP contribution >= 0.6 is 12.4 Å². The van der Waals surface area contributed by atoms with E-state index >= 15 is 0 Å². The SMILES string of the molecule is CC(C(=O)NCC1NCCCC1(C)C)n1cncn1.Cl. The molecule has 7 heteroatoms. The van der Waals surface area contributed by atoms with Gasteiger partial charge in [-0.2, -0.15) is 5.10 Å². The number of rotatable bonds is 4. The van der Waals surface area contributed by atoms with Gasteiger partial charge in [0, 0.05) is 12.6 Å². The lowest BCUT2D eigenvalue weighted by molar-refractivity contribution is -0.124. The molecule has 2 unspecified atom stereocenters. The van der Waals surface area contributed by atoms with Crippen LogP contribution in [0.15, 0.2) is 12.7 Å². The van der Waals surface area contributed by atoms with Crippen LogP contribution in [-0.4, -0.2) is 39.8 Å². The van der Waals surface area contributed by atoms with Gasteiger partial charge in [0.25, 0.3) is 0 Å². The topological polar surface area (TPSA) is 71.8 Å². The second kappa shape index (κ2) is 7.04. The summed E-state index contributed by atoms with van der Waals surface area (Å²) in [5.74, 6) is -0.0197. The number of halogens is 1. The van der Waals surface area contributed by atoms with Gasteiger partial charge in [-0.25, -0.2) is 9.67 Å². The van der Waals surface area contributed by atoms with Crippen LogP contribution in [0.1, 0.15) is 39.7 Å². The van der Waals surface area contributed by atoms with Gasteiger partial charge in [-0.1, -0.05) is 13.8 Å². The fourth-order valence-corrected chi connectivity index (χ4v) is 2.51. The number of carbonyl (C=O) groups excluding carboxylic acids is 1. The van der Waals surface area contributed by atoms with Gasteiger partial charge in [-0.15, -0.1) is 12.4 Å². The van der Waals surface area contributed by atoms with Crippen LogP contribution in [-0.2, 0) is 4.79 Å². The van der Waals surface area contributed by atoms with Crippen LogP contribution in [0, 0.1) is 5.41 Å². The average Bonchev–Trinajstić information content (AvgIpc) is 2.89. The van der Waals surface area contributed by atoms with Gasteiger partial charge < -0.3 is 10.6 Å². The Labute approximate surface area is 126 Å². The number of amides is 1. The molecule has 0 bridgehead atoms. The van der Waals surface area contributed by atoms with Crippen molar-refractivity contribution < 1.29 is 4.79 Å². The Hall–Kier alpha value is -1.14. The lowest BCUT2D eigenvalue weighted by Crippen LogP contribution is -2.53. The maximum atomic E-state index is 12.1. The van der Waals surface area contributed by atoms with Crippen molar-refractivity contribution in [3.8, 4) is 0 Å². The first kappa shape index (κ1) is 16.9. The number of carbonyl (C=O) groups is 1. The second-order valence-electron chi connectivity index (χ2n) is 5.90. The van der Waals surface area contributed by atoms with Crippen molar-refractivity contribution in [2.75, 3.05) is 13.1 Å². The maximum Gasteiger partial charge on any atom is 0.244 e. The standard InChI is InChI=1S/C13H23N5O.ClH/c1-10(18-9-14-8-17-18)12(19)16-7-11-13(2,3)5-4-6-15-11;/h8-11,15H,4-7H2,1-3H3,(H,16,19);1H. The molecule has 1 aliphatic heterocycles. The Kier molecular flexibility index (Phi) is 5.95. The molecule has 0 saturated carbocycles. The molecular formula is C13H24ClN5O. The first-order valence-electron chi connectivity index (χ1n) is 6.86. The Morgan fingerprint density at radius 1 is 1.60 bits per heavy atom. The van der Waals surface area contributed by atoms with Crippen molar-refractivity contribution in [1.82, 2.24) is 25.4 Å². The normalized spacial score (nSPS) is 22.6. The highest BCUT2D eigenvalue weighted by Gasteiger charge is 2.32. The summed E-state index contributed by atoms with van der Waals surface area (Å²) in [7, 11) is 0. The smallest absolute Gasteiger partial charge is 0.244 e. The van der Waals surface area contributed by atoms with Gasteiger partial charge in [0.1, 0.15) is 18.7 Å². The highest BCUT2D eigenvalue weighted by Crippen LogP contribution is 2.29. The molecule has 0 spiro atoms. The second-order valence-corrected chi connectivity index (χ2v) is 5.90. The van der Waals surface area contributed by atoms with Gasteiger partial charge in [0.15, 0.2) is 0 Å². The molecule has 1 aromatic rings. The van der Waals surface area contributed by atoms with E-state index in [0.717, 1.165) is 6.54 Å². The molecule has 0 radical (unpaired) electrons. The molecule has 6 nitrogen and oxygen atoms in total. The molecule has 2 heterocycles. The lowest BCUT2D eigenvalue weighted by Gasteiger charge is -2.39. The quantitative estimate of drug-likeness (QED) is 0.875. The molecule has 1 aliphatic rings. The van der Waals surface area contributed by atoms with Crippen molar-refractivity contribution in [3.63, 3.8) is 0 Å². The van der Waals surface area contributed by atoms with Crippen LogP contribution < -0.4 is 10.6 Å². The average molecular weight is 302 g/mol. The van der Waals surface area contributed by atoms with Gasteiger partial charge in [0.05, 0.1) is 0 Å². The summed E-state index contributed by atoms with van der Waals surface area (Å²) < 4.78 is 1.56. The molecule has 2 rings (SSSR count). The summed E-state index contributed by atoms with van der Waals surface area (Å²) in [6.07, 6.45) is 5.40. The number of piperidine rings is 1. The summed E-state index contributed by atoms with van der Waals surface area (Å²) in [6.45, 7) is 8.00. The predicted octanol–water partition coefficient (Wildman–Crippen LogP) is 1.16. The van der Waals surface area contributed by atoms with Gasteiger partial charge in [-0.05, 0) is 31.7 Å². The zero-order valence-corrected chi connectivity index (χ0v) is 13.1. The summed E-state index contributed by atoms with van der Waals surface area (Å²) >= 11 is 0.